The second kappa shape index (κ2) is 6.62. The molecule has 3 nitrogen and oxygen atoms in total. The molecule has 0 aliphatic rings. The van der Waals surface area contributed by atoms with Crippen LogP contribution in [0.2, 0.25) is 0 Å². The monoisotopic (exact) mass is 236 g/mol. The largest absolute Gasteiger partial charge is 0.380 e. The Morgan fingerprint density at radius 3 is 2.29 bits per heavy atom. The Morgan fingerprint density at radius 1 is 1.24 bits per heavy atom. The average molecular weight is 236 g/mol. The number of anilines is 1. The van der Waals surface area contributed by atoms with Crippen LogP contribution in [0.5, 0.6) is 0 Å². The molecule has 1 unspecified atom stereocenters. The van der Waals surface area contributed by atoms with Gasteiger partial charge in [-0.15, -0.1) is 0 Å². The topological polar surface area (TPSA) is 38.5 Å². The first-order chi connectivity index (χ1) is 8.06. The van der Waals surface area contributed by atoms with Crippen LogP contribution in [0.1, 0.15) is 17.5 Å². The number of ether oxygens (including phenoxy) is 1. The zero-order valence-electron chi connectivity index (χ0n) is 11.4. The van der Waals surface area contributed by atoms with E-state index in [1.54, 1.807) is 7.11 Å². The highest BCUT2D eigenvalue weighted by molar-refractivity contribution is 5.50. The fraction of sp³-hybridized carbons (Fsp3) is 0.571. The summed E-state index contributed by atoms with van der Waals surface area (Å²) in [5, 5.41) is 0. The summed E-state index contributed by atoms with van der Waals surface area (Å²) in [5.74, 6) is 0. The Balaban J connectivity index is 2.60. The fourth-order valence-corrected chi connectivity index (χ4v) is 1.97. The normalized spacial score (nSPS) is 12.5. The lowest BCUT2D eigenvalue weighted by molar-refractivity contribution is 0.104. The lowest BCUT2D eigenvalue weighted by Crippen LogP contribution is -2.28. The molecule has 0 fully saturated rings. The van der Waals surface area contributed by atoms with Crippen molar-refractivity contribution in [2.24, 2.45) is 5.73 Å². The van der Waals surface area contributed by atoms with Gasteiger partial charge in [-0.1, -0.05) is 6.07 Å². The van der Waals surface area contributed by atoms with Gasteiger partial charge < -0.3 is 15.4 Å². The molecule has 0 bridgehead atoms. The summed E-state index contributed by atoms with van der Waals surface area (Å²) in [6, 6.07) is 6.60. The van der Waals surface area contributed by atoms with Crippen LogP contribution < -0.4 is 10.6 Å². The number of rotatable bonds is 6. The van der Waals surface area contributed by atoms with E-state index in [1.807, 2.05) is 0 Å². The summed E-state index contributed by atoms with van der Waals surface area (Å²) in [5.41, 5.74) is 9.47. The van der Waals surface area contributed by atoms with Crippen molar-refractivity contribution in [3.05, 3.63) is 29.3 Å². The third-order valence-corrected chi connectivity index (χ3v) is 3.03. The molecule has 0 spiro atoms. The van der Waals surface area contributed by atoms with Gasteiger partial charge >= 0.3 is 0 Å². The van der Waals surface area contributed by atoms with Crippen LogP contribution in [0.25, 0.3) is 0 Å². The van der Waals surface area contributed by atoms with Crippen LogP contribution in [0.4, 0.5) is 5.69 Å². The van der Waals surface area contributed by atoms with E-state index in [4.69, 9.17) is 10.5 Å². The third-order valence-electron chi connectivity index (χ3n) is 3.03. The second-order valence-corrected chi connectivity index (χ2v) is 4.65. The van der Waals surface area contributed by atoms with Crippen molar-refractivity contribution in [3.63, 3.8) is 0 Å². The molecule has 0 aliphatic carbocycles. The molecule has 0 saturated heterocycles. The zero-order valence-corrected chi connectivity index (χ0v) is 11.4. The molecular formula is C14H24N2O. The first-order valence-electron chi connectivity index (χ1n) is 6.09. The molecule has 0 aliphatic heterocycles. The van der Waals surface area contributed by atoms with Crippen LogP contribution in [-0.4, -0.2) is 33.4 Å². The van der Waals surface area contributed by atoms with Crippen molar-refractivity contribution in [1.82, 2.24) is 0 Å². The molecule has 0 aromatic heterocycles. The maximum Gasteiger partial charge on any atom is 0.0710 e. The molecule has 0 amide bonds. The Labute approximate surface area is 105 Å². The summed E-state index contributed by atoms with van der Waals surface area (Å²) in [4.78, 5) is 2.25. The standard InChI is InChI=1S/C14H24N2O/c1-11-7-12(2)9-13(8-11)16(3)6-5-14(10-15)17-4/h7-9,14H,5-6,10,15H2,1-4H3. The van der Waals surface area contributed by atoms with Crippen LogP contribution in [0.3, 0.4) is 0 Å². The Bertz CT molecular complexity index is 328. The quantitative estimate of drug-likeness (QED) is 0.822. The predicted molar refractivity (Wildman–Crippen MR) is 73.7 cm³/mol. The van der Waals surface area contributed by atoms with E-state index in [9.17, 15) is 0 Å². The fourth-order valence-electron chi connectivity index (χ4n) is 1.97. The van der Waals surface area contributed by atoms with E-state index in [-0.39, 0.29) is 6.10 Å². The van der Waals surface area contributed by atoms with Crippen molar-refractivity contribution in [2.75, 3.05) is 32.1 Å². The number of aryl methyl sites for hydroxylation is 2. The first-order valence-corrected chi connectivity index (χ1v) is 6.09. The van der Waals surface area contributed by atoms with Crippen molar-refractivity contribution in [3.8, 4) is 0 Å². The van der Waals surface area contributed by atoms with Crippen molar-refractivity contribution >= 4 is 5.69 Å². The van der Waals surface area contributed by atoms with E-state index in [1.165, 1.54) is 16.8 Å². The number of benzene rings is 1. The van der Waals surface area contributed by atoms with E-state index in [0.717, 1.165) is 13.0 Å². The molecule has 0 radical (unpaired) electrons. The van der Waals surface area contributed by atoms with E-state index >= 15 is 0 Å². The summed E-state index contributed by atoms with van der Waals surface area (Å²) in [7, 11) is 3.83. The lowest BCUT2D eigenvalue weighted by atomic mass is 10.1. The maximum absolute atomic E-state index is 5.61. The summed E-state index contributed by atoms with van der Waals surface area (Å²) >= 11 is 0. The number of hydrogen-bond acceptors (Lipinski definition) is 3. The highest BCUT2D eigenvalue weighted by Crippen LogP contribution is 2.17. The second-order valence-electron chi connectivity index (χ2n) is 4.65. The van der Waals surface area contributed by atoms with Gasteiger partial charge in [0.15, 0.2) is 0 Å². The molecule has 1 aromatic carbocycles. The van der Waals surface area contributed by atoms with Gasteiger partial charge in [-0.05, 0) is 43.5 Å². The molecule has 0 saturated carbocycles. The highest BCUT2D eigenvalue weighted by Gasteiger charge is 2.07. The Hall–Kier alpha value is -1.06. The predicted octanol–water partition coefficient (Wildman–Crippen LogP) is 2.10. The van der Waals surface area contributed by atoms with E-state index < -0.39 is 0 Å². The first kappa shape index (κ1) is 14.0. The molecule has 1 aromatic rings. The number of nitrogens with zero attached hydrogens (tertiary/aromatic N) is 1. The maximum atomic E-state index is 5.61. The van der Waals surface area contributed by atoms with Gasteiger partial charge in [-0.3, -0.25) is 0 Å². The molecule has 1 atom stereocenters. The van der Waals surface area contributed by atoms with Gasteiger partial charge in [0.25, 0.3) is 0 Å². The minimum absolute atomic E-state index is 0.156. The molecular weight excluding hydrogens is 212 g/mol. The van der Waals surface area contributed by atoms with E-state index in [2.05, 4.69) is 44.0 Å². The van der Waals surface area contributed by atoms with Crippen LogP contribution in [-0.2, 0) is 4.74 Å². The molecule has 2 N–H and O–H groups in total. The molecule has 17 heavy (non-hydrogen) atoms. The van der Waals surface area contributed by atoms with Crippen LogP contribution in [0.15, 0.2) is 18.2 Å². The zero-order chi connectivity index (χ0) is 12.8. The minimum Gasteiger partial charge on any atom is -0.380 e. The van der Waals surface area contributed by atoms with E-state index in [0.29, 0.717) is 6.54 Å². The average Bonchev–Trinajstić information content (AvgIpc) is 2.28. The molecule has 0 heterocycles. The van der Waals surface area contributed by atoms with Crippen molar-refractivity contribution in [2.45, 2.75) is 26.4 Å². The SMILES string of the molecule is COC(CN)CCN(C)c1cc(C)cc(C)c1. The van der Waals surface area contributed by atoms with Crippen molar-refractivity contribution in [1.29, 1.82) is 0 Å². The van der Waals surface area contributed by atoms with Crippen LogP contribution in [0, 0.1) is 13.8 Å². The summed E-state index contributed by atoms with van der Waals surface area (Å²) in [6.07, 6.45) is 1.11. The van der Waals surface area contributed by atoms with Gasteiger partial charge in [0.2, 0.25) is 0 Å². The lowest BCUT2D eigenvalue weighted by Gasteiger charge is -2.22. The third kappa shape index (κ3) is 4.36. The molecule has 3 heteroatoms. The van der Waals surface area contributed by atoms with Gasteiger partial charge in [0.05, 0.1) is 6.10 Å². The number of hydrogen-bond donors (Lipinski definition) is 1. The van der Waals surface area contributed by atoms with Crippen LogP contribution >= 0.6 is 0 Å². The summed E-state index contributed by atoms with van der Waals surface area (Å²) < 4.78 is 5.28. The Morgan fingerprint density at radius 2 is 1.82 bits per heavy atom. The van der Waals surface area contributed by atoms with Gasteiger partial charge in [0, 0.05) is 32.9 Å². The van der Waals surface area contributed by atoms with Gasteiger partial charge in [-0.25, -0.2) is 0 Å². The van der Waals surface area contributed by atoms with Crippen molar-refractivity contribution < 1.29 is 4.74 Å². The highest BCUT2D eigenvalue weighted by atomic mass is 16.5. The van der Waals surface area contributed by atoms with Gasteiger partial charge in [-0.2, -0.15) is 0 Å². The smallest absolute Gasteiger partial charge is 0.0710 e. The number of methoxy groups -OCH3 is 1. The number of nitrogens with two attached hydrogens (primary N) is 1. The Kier molecular flexibility index (Phi) is 5.45. The van der Waals surface area contributed by atoms with Gasteiger partial charge in [0.1, 0.15) is 0 Å². The minimum atomic E-state index is 0.156. The molecule has 96 valence electrons. The summed E-state index contributed by atoms with van der Waals surface area (Å²) in [6.45, 7) is 5.79. The molecule has 1 rings (SSSR count).